The quantitative estimate of drug-likeness (QED) is 0.821. The Balaban J connectivity index is 1.52. The zero-order valence-corrected chi connectivity index (χ0v) is 10.4. The molecule has 0 aromatic carbocycles. The standard InChI is InChI=1S/C12H21N5/c1-2-7-16(6-1)8-3-9-17-12-4-5-13-10-11(12)14-15-17/h13H,1-10H2. The molecule has 0 amide bonds. The molecule has 1 fully saturated rings. The van der Waals surface area contributed by atoms with Crippen LogP contribution in [0.3, 0.4) is 0 Å². The Labute approximate surface area is 102 Å². The number of nitrogens with one attached hydrogen (secondary N) is 1. The lowest BCUT2D eigenvalue weighted by molar-refractivity contribution is 0.320. The number of nitrogens with zero attached hydrogens (tertiary/aromatic N) is 4. The monoisotopic (exact) mass is 235 g/mol. The summed E-state index contributed by atoms with van der Waals surface area (Å²) in [6.07, 6.45) is 5.03. The average molecular weight is 235 g/mol. The Morgan fingerprint density at radius 3 is 2.94 bits per heavy atom. The van der Waals surface area contributed by atoms with Crippen LogP contribution in [-0.2, 0) is 19.5 Å². The largest absolute Gasteiger partial charge is 0.311 e. The minimum absolute atomic E-state index is 0.890. The van der Waals surface area contributed by atoms with E-state index in [-0.39, 0.29) is 0 Å². The highest BCUT2D eigenvalue weighted by Crippen LogP contribution is 2.12. The Bertz CT molecular complexity index is 367. The maximum Gasteiger partial charge on any atom is 0.0997 e. The van der Waals surface area contributed by atoms with Gasteiger partial charge in [0.1, 0.15) is 0 Å². The first kappa shape index (κ1) is 11.2. The van der Waals surface area contributed by atoms with E-state index in [1.807, 2.05) is 0 Å². The molecular weight excluding hydrogens is 214 g/mol. The third-order valence-corrected chi connectivity index (χ3v) is 3.79. The second kappa shape index (κ2) is 5.14. The van der Waals surface area contributed by atoms with Gasteiger partial charge < -0.3 is 10.2 Å². The first-order chi connectivity index (χ1) is 8.43. The van der Waals surface area contributed by atoms with Gasteiger partial charge >= 0.3 is 0 Å². The summed E-state index contributed by atoms with van der Waals surface area (Å²) in [5.41, 5.74) is 2.50. The fourth-order valence-electron chi connectivity index (χ4n) is 2.82. The second-order valence-electron chi connectivity index (χ2n) is 5.04. The predicted molar refractivity (Wildman–Crippen MR) is 65.7 cm³/mol. The summed E-state index contributed by atoms with van der Waals surface area (Å²) < 4.78 is 2.12. The number of likely N-dealkylation sites (tertiary alicyclic amines) is 1. The van der Waals surface area contributed by atoms with Crippen LogP contribution in [0.2, 0.25) is 0 Å². The highest BCUT2D eigenvalue weighted by Gasteiger charge is 2.16. The van der Waals surface area contributed by atoms with Gasteiger partial charge in [0.15, 0.2) is 0 Å². The second-order valence-corrected chi connectivity index (χ2v) is 5.04. The van der Waals surface area contributed by atoms with Gasteiger partial charge in [0.05, 0.1) is 11.4 Å². The summed E-state index contributed by atoms with van der Waals surface area (Å²) in [5.74, 6) is 0. The van der Waals surface area contributed by atoms with E-state index < -0.39 is 0 Å². The van der Waals surface area contributed by atoms with Crippen molar-refractivity contribution in [1.29, 1.82) is 0 Å². The maximum absolute atomic E-state index is 4.27. The van der Waals surface area contributed by atoms with Gasteiger partial charge in [-0.3, -0.25) is 0 Å². The minimum atomic E-state index is 0.890. The summed E-state index contributed by atoms with van der Waals surface area (Å²) in [7, 11) is 0. The molecule has 17 heavy (non-hydrogen) atoms. The molecule has 0 aliphatic carbocycles. The van der Waals surface area contributed by atoms with Crippen molar-refractivity contribution in [1.82, 2.24) is 25.2 Å². The van der Waals surface area contributed by atoms with Crippen molar-refractivity contribution in [3.8, 4) is 0 Å². The van der Waals surface area contributed by atoms with E-state index in [4.69, 9.17) is 0 Å². The lowest BCUT2D eigenvalue weighted by Crippen LogP contribution is -2.26. The number of aryl methyl sites for hydroxylation is 1. The van der Waals surface area contributed by atoms with Crippen LogP contribution in [0, 0.1) is 0 Å². The molecule has 5 heteroatoms. The molecule has 0 unspecified atom stereocenters. The van der Waals surface area contributed by atoms with Gasteiger partial charge in [0, 0.05) is 26.1 Å². The molecule has 1 saturated heterocycles. The van der Waals surface area contributed by atoms with Crippen LogP contribution < -0.4 is 5.32 Å². The summed E-state index contributed by atoms with van der Waals surface area (Å²) in [6.45, 7) is 6.78. The van der Waals surface area contributed by atoms with Gasteiger partial charge in [-0.25, -0.2) is 4.68 Å². The number of hydrogen-bond donors (Lipinski definition) is 1. The average Bonchev–Trinajstić information content (AvgIpc) is 2.99. The van der Waals surface area contributed by atoms with E-state index in [0.29, 0.717) is 0 Å². The Hall–Kier alpha value is -0.940. The van der Waals surface area contributed by atoms with Crippen molar-refractivity contribution in [2.75, 3.05) is 26.2 Å². The van der Waals surface area contributed by atoms with Gasteiger partial charge in [0.25, 0.3) is 0 Å². The molecule has 5 nitrogen and oxygen atoms in total. The molecule has 1 aromatic heterocycles. The fraction of sp³-hybridized carbons (Fsp3) is 0.833. The van der Waals surface area contributed by atoms with Crippen LogP contribution >= 0.6 is 0 Å². The lowest BCUT2D eigenvalue weighted by Gasteiger charge is -2.16. The molecule has 0 bridgehead atoms. The van der Waals surface area contributed by atoms with E-state index in [2.05, 4.69) is 25.2 Å². The Morgan fingerprint density at radius 2 is 2.06 bits per heavy atom. The predicted octanol–water partition coefficient (Wildman–Crippen LogP) is 0.410. The Kier molecular flexibility index (Phi) is 3.38. The van der Waals surface area contributed by atoms with Crippen LogP contribution in [0.15, 0.2) is 0 Å². The zero-order valence-electron chi connectivity index (χ0n) is 10.4. The summed E-state index contributed by atoms with van der Waals surface area (Å²) >= 11 is 0. The van der Waals surface area contributed by atoms with E-state index in [1.54, 1.807) is 0 Å². The van der Waals surface area contributed by atoms with Gasteiger partial charge in [-0.2, -0.15) is 0 Å². The van der Waals surface area contributed by atoms with Gasteiger partial charge in [0.2, 0.25) is 0 Å². The molecule has 1 N–H and O–H groups in total. The van der Waals surface area contributed by atoms with Gasteiger partial charge in [-0.15, -0.1) is 5.10 Å². The first-order valence-electron chi connectivity index (χ1n) is 6.78. The molecule has 94 valence electrons. The van der Waals surface area contributed by atoms with Crippen molar-refractivity contribution < 1.29 is 0 Å². The molecule has 0 saturated carbocycles. The molecule has 3 rings (SSSR count). The van der Waals surface area contributed by atoms with E-state index in [0.717, 1.165) is 31.7 Å². The third kappa shape index (κ3) is 2.50. The van der Waals surface area contributed by atoms with E-state index in [9.17, 15) is 0 Å². The lowest BCUT2D eigenvalue weighted by atomic mass is 10.2. The maximum atomic E-state index is 4.27. The molecule has 0 atom stereocenters. The third-order valence-electron chi connectivity index (χ3n) is 3.79. The van der Waals surface area contributed by atoms with Gasteiger partial charge in [-0.05, 0) is 38.9 Å². The molecule has 3 heterocycles. The van der Waals surface area contributed by atoms with Crippen molar-refractivity contribution >= 4 is 0 Å². The first-order valence-corrected chi connectivity index (χ1v) is 6.78. The van der Waals surface area contributed by atoms with Crippen molar-refractivity contribution in [2.24, 2.45) is 0 Å². The number of rotatable bonds is 4. The Morgan fingerprint density at radius 1 is 1.18 bits per heavy atom. The number of hydrogen-bond acceptors (Lipinski definition) is 4. The molecule has 1 aromatic rings. The number of aromatic nitrogens is 3. The minimum Gasteiger partial charge on any atom is -0.311 e. The van der Waals surface area contributed by atoms with Crippen LogP contribution in [-0.4, -0.2) is 46.1 Å². The highest BCUT2D eigenvalue weighted by molar-refractivity contribution is 5.13. The van der Waals surface area contributed by atoms with Crippen LogP contribution in [0.4, 0.5) is 0 Å². The van der Waals surface area contributed by atoms with E-state index >= 15 is 0 Å². The topological polar surface area (TPSA) is 46.0 Å². The molecule has 0 spiro atoms. The normalized spacial score (nSPS) is 20.7. The molecule has 0 radical (unpaired) electrons. The summed E-state index contributed by atoms with van der Waals surface area (Å²) in [6, 6.07) is 0. The van der Waals surface area contributed by atoms with E-state index in [1.165, 1.54) is 44.6 Å². The number of fused-ring (bicyclic) bond motifs is 1. The summed E-state index contributed by atoms with van der Waals surface area (Å²) in [4.78, 5) is 2.56. The summed E-state index contributed by atoms with van der Waals surface area (Å²) in [5, 5.41) is 11.8. The SMILES string of the molecule is C1CCN(CCCn2nnc3c2CCNC3)C1. The van der Waals surface area contributed by atoms with Crippen LogP contribution in [0.1, 0.15) is 30.7 Å². The zero-order chi connectivity index (χ0) is 11.5. The van der Waals surface area contributed by atoms with Crippen molar-refractivity contribution in [3.05, 3.63) is 11.4 Å². The van der Waals surface area contributed by atoms with Gasteiger partial charge in [-0.1, -0.05) is 5.21 Å². The molecule has 2 aliphatic rings. The van der Waals surface area contributed by atoms with Crippen LogP contribution in [0.25, 0.3) is 0 Å². The van der Waals surface area contributed by atoms with Crippen LogP contribution in [0.5, 0.6) is 0 Å². The fourth-order valence-corrected chi connectivity index (χ4v) is 2.82. The smallest absolute Gasteiger partial charge is 0.0997 e. The van der Waals surface area contributed by atoms with Crippen molar-refractivity contribution in [2.45, 2.75) is 38.8 Å². The molecular formula is C12H21N5. The van der Waals surface area contributed by atoms with Crippen molar-refractivity contribution in [3.63, 3.8) is 0 Å². The molecule has 2 aliphatic heterocycles. The highest BCUT2D eigenvalue weighted by atomic mass is 15.4.